The Morgan fingerprint density at radius 3 is 2.27 bits per heavy atom. The first-order valence-corrected chi connectivity index (χ1v) is 17.2. The van der Waals surface area contributed by atoms with Crippen molar-refractivity contribution in [1.29, 1.82) is 0 Å². The van der Waals surface area contributed by atoms with Crippen molar-refractivity contribution in [1.82, 2.24) is 24.8 Å². The Morgan fingerprint density at radius 1 is 0.857 bits per heavy atom. The van der Waals surface area contributed by atoms with Gasteiger partial charge in [-0.3, -0.25) is 9.36 Å². The van der Waals surface area contributed by atoms with Crippen molar-refractivity contribution < 1.29 is 14.3 Å². The summed E-state index contributed by atoms with van der Waals surface area (Å²) in [4.78, 5) is 38.1. The molecule has 3 aliphatic rings. The van der Waals surface area contributed by atoms with Crippen LogP contribution in [0.4, 0.5) is 16.3 Å². The first-order chi connectivity index (χ1) is 23.7. The van der Waals surface area contributed by atoms with E-state index >= 15 is 0 Å². The van der Waals surface area contributed by atoms with E-state index in [1.54, 1.807) is 6.20 Å². The van der Waals surface area contributed by atoms with Crippen LogP contribution in [-0.4, -0.2) is 50.1 Å². The van der Waals surface area contributed by atoms with Gasteiger partial charge in [0.05, 0.1) is 28.3 Å². The Kier molecular flexibility index (Phi) is 7.50. The number of hydrogen-bond donors (Lipinski definition) is 2. The molecule has 5 aromatic rings. The lowest BCUT2D eigenvalue weighted by atomic mass is 9.71. The third-order valence-electron chi connectivity index (χ3n) is 9.78. The molecular weight excluding hydrogens is 612 g/mol. The van der Waals surface area contributed by atoms with Crippen molar-refractivity contribution in [2.24, 2.45) is 0 Å². The first-order valence-electron chi connectivity index (χ1n) is 17.2. The van der Waals surface area contributed by atoms with Gasteiger partial charge < -0.3 is 20.3 Å². The number of alkyl carbamates (subject to hydrolysis) is 1. The van der Waals surface area contributed by atoms with Gasteiger partial charge in [0.25, 0.3) is 5.91 Å². The minimum Gasteiger partial charge on any atom is -0.444 e. The highest BCUT2D eigenvalue weighted by molar-refractivity contribution is 5.96. The second kappa shape index (κ2) is 11.9. The topological polar surface area (TPSA) is 101 Å². The monoisotopic (exact) mass is 652 g/mol. The highest BCUT2D eigenvalue weighted by Crippen LogP contribution is 2.46. The average Bonchev–Trinajstić information content (AvgIpc) is 3.73. The van der Waals surface area contributed by atoms with E-state index in [0.29, 0.717) is 5.56 Å². The minimum absolute atomic E-state index is 0.0744. The van der Waals surface area contributed by atoms with Crippen LogP contribution in [-0.2, 0) is 10.3 Å². The van der Waals surface area contributed by atoms with E-state index in [4.69, 9.17) is 14.7 Å². The number of imidazole rings is 1. The summed E-state index contributed by atoms with van der Waals surface area (Å²) in [6.07, 6.45) is 6.23. The number of rotatable bonds is 5. The molecule has 2 aliphatic heterocycles. The summed E-state index contributed by atoms with van der Waals surface area (Å²) in [7, 11) is 0. The Bertz CT molecular complexity index is 2050. The molecule has 1 saturated carbocycles. The van der Waals surface area contributed by atoms with E-state index in [1.165, 1.54) is 0 Å². The van der Waals surface area contributed by atoms with E-state index in [9.17, 15) is 9.59 Å². The third-order valence-corrected chi connectivity index (χ3v) is 9.78. The normalized spacial score (nSPS) is 15.9. The number of anilines is 2. The molecular formula is C40H40N6O3. The van der Waals surface area contributed by atoms with Crippen LogP contribution in [0.15, 0.2) is 91.1 Å². The molecule has 0 spiro atoms. The van der Waals surface area contributed by atoms with Gasteiger partial charge in [-0.25, -0.2) is 14.8 Å². The number of nitrogens with one attached hydrogen (secondary N) is 2. The second-order valence-corrected chi connectivity index (χ2v) is 14.2. The van der Waals surface area contributed by atoms with Crippen LogP contribution >= 0.6 is 0 Å². The zero-order chi connectivity index (χ0) is 33.8. The molecule has 0 unspecified atom stereocenters. The van der Waals surface area contributed by atoms with Gasteiger partial charge >= 0.3 is 6.09 Å². The Hall–Kier alpha value is -5.44. The molecule has 2 N–H and O–H groups in total. The average molecular weight is 653 g/mol. The zero-order valence-corrected chi connectivity index (χ0v) is 28.1. The van der Waals surface area contributed by atoms with Crippen molar-refractivity contribution in [3.05, 3.63) is 102 Å². The van der Waals surface area contributed by atoms with Gasteiger partial charge in [0.2, 0.25) is 0 Å². The lowest BCUT2D eigenvalue weighted by Crippen LogP contribution is -2.52. The smallest absolute Gasteiger partial charge is 0.408 e. The molecule has 0 bridgehead atoms. The summed E-state index contributed by atoms with van der Waals surface area (Å²) >= 11 is 0. The zero-order valence-electron chi connectivity index (χ0n) is 28.1. The highest BCUT2D eigenvalue weighted by Gasteiger charge is 2.41. The number of fused-ring (bicyclic) bond motifs is 5. The molecule has 9 heteroatoms. The summed E-state index contributed by atoms with van der Waals surface area (Å²) in [5, 5.41) is 6.72. The fourth-order valence-corrected chi connectivity index (χ4v) is 7.23. The van der Waals surface area contributed by atoms with Gasteiger partial charge in [0.1, 0.15) is 11.4 Å². The standard InChI is InChI=1S/C40H40N6O3/c1-39(2,3)49-38(48)44-40(21-9-22-40)29-19-17-27(18-20-29)34-33(26-13-15-28(16-14-26)37(47)45-24-6-7-25-45)43-36-30-10-4-5-11-31(30)42-35-32(46(34)36)12-8-23-41-35/h4-5,8,10-20,23H,6-7,9,21-22,24-25H2,1-3H3,(H,41,42)(H,44,48). The third kappa shape index (κ3) is 5.63. The van der Waals surface area contributed by atoms with E-state index in [-0.39, 0.29) is 5.91 Å². The number of nitrogens with zero attached hydrogens (tertiary/aromatic N) is 4. The van der Waals surface area contributed by atoms with Crippen LogP contribution in [0.3, 0.4) is 0 Å². The Labute approximate surface area is 286 Å². The number of likely N-dealkylation sites (tertiary alicyclic amines) is 1. The van der Waals surface area contributed by atoms with Gasteiger partial charge in [-0.1, -0.05) is 48.5 Å². The van der Waals surface area contributed by atoms with Crippen molar-refractivity contribution in [3.8, 4) is 39.6 Å². The summed E-state index contributed by atoms with van der Waals surface area (Å²) in [5.41, 5.74) is 7.06. The first kappa shape index (κ1) is 30.9. The molecule has 0 atom stereocenters. The molecule has 1 aliphatic carbocycles. The van der Waals surface area contributed by atoms with E-state index in [1.807, 2.05) is 74.2 Å². The Balaban J connectivity index is 1.26. The minimum atomic E-state index is -0.576. The lowest BCUT2D eigenvalue weighted by molar-refractivity contribution is 0.0377. The number of amides is 2. The largest absolute Gasteiger partial charge is 0.444 e. The van der Waals surface area contributed by atoms with Crippen molar-refractivity contribution in [2.75, 3.05) is 18.4 Å². The van der Waals surface area contributed by atoms with Crippen molar-refractivity contribution >= 4 is 23.5 Å². The number of para-hydroxylation sites is 1. The summed E-state index contributed by atoms with van der Waals surface area (Å²) < 4.78 is 7.82. The fraction of sp³-hybridized carbons (Fsp3) is 0.300. The molecule has 248 valence electrons. The molecule has 9 nitrogen and oxygen atoms in total. The number of aromatic nitrogens is 3. The molecule has 0 radical (unpaired) electrons. The molecule has 3 aromatic carbocycles. The van der Waals surface area contributed by atoms with Crippen LogP contribution < -0.4 is 10.6 Å². The Morgan fingerprint density at radius 2 is 1.57 bits per heavy atom. The summed E-state index contributed by atoms with van der Waals surface area (Å²) in [6, 6.07) is 28.4. The molecule has 2 fully saturated rings. The highest BCUT2D eigenvalue weighted by atomic mass is 16.6. The van der Waals surface area contributed by atoms with Crippen LogP contribution in [0.2, 0.25) is 0 Å². The predicted molar refractivity (Wildman–Crippen MR) is 191 cm³/mol. The molecule has 8 rings (SSSR count). The molecule has 2 amide bonds. The molecule has 1 saturated heterocycles. The van der Waals surface area contributed by atoms with Crippen LogP contribution in [0.1, 0.15) is 68.8 Å². The lowest BCUT2D eigenvalue weighted by Gasteiger charge is -2.43. The molecule has 49 heavy (non-hydrogen) atoms. The van der Waals surface area contributed by atoms with Crippen molar-refractivity contribution in [3.63, 3.8) is 0 Å². The van der Waals surface area contributed by atoms with Crippen LogP contribution in [0.25, 0.3) is 39.6 Å². The molecule has 2 aromatic heterocycles. The number of benzene rings is 3. The van der Waals surface area contributed by atoms with Gasteiger partial charge in [0.15, 0.2) is 5.82 Å². The van der Waals surface area contributed by atoms with Crippen LogP contribution in [0, 0.1) is 0 Å². The fourth-order valence-electron chi connectivity index (χ4n) is 7.23. The summed E-state index contributed by atoms with van der Waals surface area (Å²) in [5.74, 6) is 1.60. The maximum absolute atomic E-state index is 13.2. The number of ether oxygens (including phenoxy) is 1. The van der Waals surface area contributed by atoms with Gasteiger partial charge in [-0.2, -0.15) is 0 Å². The van der Waals surface area contributed by atoms with E-state index in [2.05, 4.69) is 51.6 Å². The molecule has 4 heterocycles. The van der Waals surface area contributed by atoms with Gasteiger partial charge in [0, 0.05) is 41.5 Å². The predicted octanol–water partition coefficient (Wildman–Crippen LogP) is 8.47. The van der Waals surface area contributed by atoms with Crippen LogP contribution in [0.5, 0.6) is 0 Å². The maximum Gasteiger partial charge on any atom is 0.408 e. The number of hydrogen-bond acceptors (Lipinski definition) is 6. The number of carbonyl (C=O) groups is 2. The summed E-state index contributed by atoms with van der Waals surface area (Å²) in [6.45, 7) is 7.25. The maximum atomic E-state index is 13.2. The SMILES string of the molecule is CC(C)(C)OC(=O)NC1(c2ccc(-c3c(-c4ccc(C(=O)N5CCCC5)cc4)nc4n3-c3cccnc3Nc3ccccc3-4)cc2)CCC1. The number of carbonyl (C=O) groups excluding carboxylic acids is 2. The second-order valence-electron chi connectivity index (χ2n) is 14.2. The van der Waals surface area contributed by atoms with Crippen molar-refractivity contribution in [2.45, 2.75) is 64.0 Å². The van der Waals surface area contributed by atoms with Gasteiger partial charge in [-0.15, -0.1) is 0 Å². The quantitative estimate of drug-likeness (QED) is 0.194. The van der Waals surface area contributed by atoms with E-state index < -0.39 is 17.2 Å². The number of pyridine rings is 1. The van der Waals surface area contributed by atoms with E-state index in [0.717, 1.165) is 102 Å². The van der Waals surface area contributed by atoms with Gasteiger partial charge in [-0.05, 0) is 94.8 Å².